The Bertz CT molecular complexity index is 1930. The zero-order valence-corrected chi connectivity index (χ0v) is 23.5. The average Bonchev–Trinajstić information content (AvgIpc) is 3.46. The topological polar surface area (TPSA) is 93.0 Å². The number of likely N-dealkylation sites (N-methyl/N-ethyl adjacent to an activating group) is 1. The van der Waals surface area contributed by atoms with Crippen molar-refractivity contribution in [1.82, 2.24) is 9.47 Å². The Morgan fingerprint density at radius 3 is 2.52 bits per heavy atom. The number of carbonyl (C=O) groups is 2. The summed E-state index contributed by atoms with van der Waals surface area (Å²) >= 11 is 1.17. The van der Waals surface area contributed by atoms with E-state index in [0.717, 1.165) is 10.8 Å². The van der Waals surface area contributed by atoms with E-state index in [2.05, 4.69) is 5.32 Å². The second-order valence-electron chi connectivity index (χ2n) is 9.66. The zero-order valence-electron chi connectivity index (χ0n) is 22.6. The molecule has 0 saturated carbocycles. The van der Waals surface area contributed by atoms with Gasteiger partial charge in [0.15, 0.2) is 4.80 Å². The Labute approximate surface area is 234 Å². The molecule has 0 saturated heterocycles. The van der Waals surface area contributed by atoms with E-state index in [9.17, 15) is 14.4 Å². The first-order chi connectivity index (χ1) is 19.4. The second kappa shape index (κ2) is 9.91. The van der Waals surface area contributed by atoms with E-state index in [1.807, 2.05) is 74.5 Å². The number of allylic oxidation sites excluding steroid dienone is 1. The first-order valence-electron chi connectivity index (χ1n) is 13.2. The summed E-state index contributed by atoms with van der Waals surface area (Å²) in [5.74, 6) is 0.0412. The van der Waals surface area contributed by atoms with E-state index in [0.29, 0.717) is 57.3 Å². The van der Waals surface area contributed by atoms with Crippen LogP contribution in [-0.2, 0) is 9.59 Å². The number of nitrogens with one attached hydrogen (secondary N) is 1. The van der Waals surface area contributed by atoms with Crippen molar-refractivity contribution < 1.29 is 14.3 Å². The summed E-state index contributed by atoms with van der Waals surface area (Å²) in [7, 11) is 1.58. The van der Waals surface area contributed by atoms with Crippen molar-refractivity contribution in [2.45, 2.75) is 26.8 Å². The number of hydrogen-bond donors (Lipinski definition) is 1. The third-order valence-corrected chi connectivity index (χ3v) is 8.65. The molecule has 0 aliphatic carbocycles. The lowest BCUT2D eigenvalue weighted by Crippen LogP contribution is -2.43. The minimum Gasteiger partial charge on any atom is -0.496 e. The van der Waals surface area contributed by atoms with Crippen molar-refractivity contribution in [3.05, 3.63) is 103 Å². The van der Waals surface area contributed by atoms with E-state index >= 15 is 0 Å². The predicted molar refractivity (Wildman–Crippen MR) is 156 cm³/mol. The van der Waals surface area contributed by atoms with Gasteiger partial charge in [0.05, 0.1) is 24.0 Å². The Morgan fingerprint density at radius 1 is 1.05 bits per heavy atom. The lowest BCUT2D eigenvalue weighted by Gasteiger charge is -2.30. The number of methoxy groups -OCH3 is 1. The molecule has 0 unspecified atom stereocenters. The number of carbonyl (C=O) groups excluding carboxylic acids is 2. The SMILES string of the molecule is CCN(CC)C(=O)C1=C(C)N=c2s/c(=C3\C(=O)Nc4ccccc43)c(=O)n2[C@@H]1c1c(OC)ccc2ccccc12. The highest BCUT2D eigenvalue weighted by atomic mass is 32.1. The van der Waals surface area contributed by atoms with Crippen molar-refractivity contribution in [3.8, 4) is 5.75 Å². The summed E-state index contributed by atoms with van der Waals surface area (Å²) < 4.78 is 7.70. The van der Waals surface area contributed by atoms with Crippen LogP contribution < -0.4 is 24.9 Å². The number of anilines is 1. The number of para-hydroxylation sites is 1. The largest absolute Gasteiger partial charge is 0.496 e. The Morgan fingerprint density at radius 2 is 1.77 bits per heavy atom. The number of rotatable bonds is 5. The van der Waals surface area contributed by atoms with E-state index in [-0.39, 0.29) is 21.9 Å². The minimum atomic E-state index is -0.806. The third-order valence-electron chi connectivity index (χ3n) is 7.60. The lowest BCUT2D eigenvalue weighted by molar-refractivity contribution is -0.127. The Hall–Kier alpha value is -4.50. The van der Waals surface area contributed by atoms with Crippen LogP contribution in [0.1, 0.15) is 37.9 Å². The van der Waals surface area contributed by atoms with Crippen LogP contribution in [0.25, 0.3) is 16.3 Å². The lowest BCUT2D eigenvalue weighted by atomic mass is 9.90. The predicted octanol–water partition coefficient (Wildman–Crippen LogP) is 3.59. The molecule has 0 spiro atoms. The first kappa shape index (κ1) is 25.8. The molecule has 202 valence electrons. The van der Waals surface area contributed by atoms with Crippen LogP contribution >= 0.6 is 11.3 Å². The maximum absolute atomic E-state index is 14.4. The fraction of sp³-hybridized carbons (Fsp3) is 0.226. The number of fused-ring (bicyclic) bond motifs is 3. The summed E-state index contributed by atoms with van der Waals surface area (Å²) in [6.45, 7) is 6.68. The highest BCUT2D eigenvalue weighted by molar-refractivity contribution is 7.07. The van der Waals surface area contributed by atoms with Gasteiger partial charge < -0.3 is 15.0 Å². The van der Waals surface area contributed by atoms with Crippen molar-refractivity contribution in [1.29, 1.82) is 0 Å². The molecule has 0 fully saturated rings. The highest BCUT2D eigenvalue weighted by Gasteiger charge is 2.37. The summed E-state index contributed by atoms with van der Waals surface area (Å²) in [6.07, 6.45) is 0. The van der Waals surface area contributed by atoms with Gasteiger partial charge in [-0.25, -0.2) is 4.99 Å². The molecule has 2 amide bonds. The van der Waals surface area contributed by atoms with Crippen molar-refractivity contribution in [2.75, 3.05) is 25.5 Å². The molecule has 6 rings (SSSR count). The van der Waals surface area contributed by atoms with E-state index in [1.165, 1.54) is 11.3 Å². The molecule has 2 aliphatic heterocycles. The molecule has 0 bridgehead atoms. The Balaban J connectivity index is 1.73. The molecule has 4 aromatic rings. The normalized spacial score (nSPS) is 17.3. The molecule has 3 aromatic carbocycles. The number of amides is 2. The van der Waals surface area contributed by atoms with Crippen LogP contribution in [-0.4, -0.2) is 41.5 Å². The van der Waals surface area contributed by atoms with Gasteiger partial charge in [0.25, 0.3) is 17.4 Å². The van der Waals surface area contributed by atoms with Crippen LogP contribution in [0.5, 0.6) is 5.75 Å². The van der Waals surface area contributed by atoms with Crippen LogP contribution in [0, 0.1) is 0 Å². The van der Waals surface area contributed by atoms with Gasteiger partial charge in [-0.2, -0.15) is 0 Å². The summed E-state index contributed by atoms with van der Waals surface area (Å²) in [5.41, 5.74) is 2.94. The van der Waals surface area contributed by atoms with Gasteiger partial charge in [-0.1, -0.05) is 59.9 Å². The number of ether oxygens (including phenoxy) is 1. The fourth-order valence-electron chi connectivity index (χ4n) is 5.68. The van der Waals surface area contributed by atoms with Crippen molar-refractivity contribution >= 4 is 45.2 Å². The van der Waals surface area contributed by atoms with Gasteiger partial charge in [-0.3, -0.25) is 19.0 Å². The molecular formula is C31H28N4O4S. The van der Waals surface area contributed by atoms with E-state index < -0.39 is 6.04 Å². The summed E-state index contributed by atoms with van der Waals surface area (Å²) in [4.78, 5) is 48.5. The molecule has 8 nitrogen and oxygen atoms in total. The number of thiazole rings is 1. The molecular weight excluding hydrogens is 524 g/mol. The molecule has 1 atom stereocenters. The fourth-order valence-corrected chi connectivity index (χ4v) is 6.82. The quantitative estimate of drug-likeness (QED) is 0.410. The standard InChI is InChI=1S/C31H28N4O4S/c1-5-34(6-2)29(37)23-17(3)32-31-35(26(23)24-19-12-8-7-11-18(19)15-16-22(24)39-4)30(38)27(40-31)25-20-13-9-10-14-21(20)33-28(25)36/h7-16,26H,5-6H2,1-4H3,(H,33,36)/b27-25-/t26-/m0/s1. The maximum atomic E-state index is 14.4. The van der Waals surface area contributed by atoms with E-state index in [1.54, 1.807) is 23.5 Å². The molecule has 1 N–H and O–H groups in total. The summed E-state index contributed by atoms with van der Waals surface area (Å²) in [5, 5.41) is 4.69. The third kappa shape index (κ3) is 3.80. The minimum absolute atomic E-state index is 0.187. The highest BCUT2D eigenvalue weighted by Crippen LogP contribution is 2.40. The smallest absolute Gasteiger partial charge is 0.271 e. The van der Waals surface area contributed by atoms with Gasteiger partial charge in [0, 0.05) is 29.9 Å². The van der Waals surface area contributed by atoms with Crippen LogP contribution in [0.15, 0.2) is 81.7 Å². The molecule has 1 aromatic heterocycles. The zero-order chi connectivity index (χ0) is 28.1. The van der Waals surface area contributed by atoms with Crippen molar-refractivity contribution in [2.24, 2.45) is 4.99 Å². The molecule has 2 aliphatic rings. The van der Waals surface area contributed by atoms with Gasteiger partial charge >= 0.3 is 0 Å². The van der Waals surface area contributed by atoms with Gasteiger partial charge in [-0.05, 0) is 43.7 Å². The number of hydrogen-bond acceptors (Lipinski definition) is 6. The molecule has 0 radical (unpaired) electrons. The maximum Gasteiger partial charge on any atom is 0.271 e. The molecule has 3 heterocycles. The van der Waals surface area contributed by atoms with Gasteiger partial charge in [0.1, 0.15) is 16.3 Å². The van der Waals surface area contributed by atoms with Crippen LogP contribution in [0.4, 0.5) is 5.69 Å². The van der Waals surface area contributed by atoms with Crippen LogP contribution in [0.3, 0.4) is 0 Å². The molecule has 9 heteroatoms. The average molecular weight is 553 g/mol. The number of nitrogens with zero attached hydrogens (tertiary/aromatic N) is 3. The van der Waals surface area contributed by atoms with E-state index in [4.69, 9.17) is 9.73 Å². The first-order valence-corrected chi connectivity index (χ1v) is 14.0. The molecule has 40 heavy (non-hydrogen) atoms. The number of aromatic nitrogens is 1. The van der Waals surface area contributed by atoms with Gasteiger partial charge in [-0.15, -0.1) is 0 Å². The number of benzene rings is 3. The Kier molecular flexibility index (Phi) is 6.38. The monoisotopic (exact) mass is 552 g/mol. The van der Waals surface area contributed by atoms with Gasteiger partial charge in [0.2, 0.25) is 0 Å². The van der Waals surface area contributed by atoms with Crippen LogP contribution in [0.2, 0.25) is 0 Å². The summed E-state index contributed by atoms with van der Waals surface area (Å²) in [6, 6.07) is 18.2. The van der Waals surface area contributed by atoms with Crippen molar-refractivity contribution in [3.63, 3.8) is 0 Å². The second-order valence-corrected chi connectivity index (χ2v) is 10.6.